The molecule has 1 aliphatic carbocycles. The topological polar surface area (TPSA) is 75.6 Å². The monoisotopic (exact) mass is 269 g/mol. The van der Waals surface area contributed by atoms with Gasteiger partial charge in [0.1, 0.15) is 0 Å². The largest absolute Gasteiger partial charge is 0.479 e. The van der Waals surface area contributed by atoms with E-state index in [1.165, 1.54) is 6.42 Å². The van der Waals surface area contributed by atoms with Crippen LogP contribution in [0.15, 0.2) is 0 Å². The molecule has 1 heterocycles. The smallest absolute Gasteiger partial charge is 0.332 e. The predicted molar refractivity (Wildman–Crippen MR) is 69.7 cm³/mol. The number of hydrogen-bond donors (Lipinski definition) is 2. The number of ether oxygens (including phenoxy) is 1. The minimum Gasteiger partial charge on any atom is -0.479 e. The van der Waals surface area contributed by atoms with Gasteiger partial charge in [0.15, 0.2) is 6.10 Å². The fraction of sp³-hybridized carbons (Fsp3) is 0.857. The van der Waals surface area contributed by atoms with Gasteiger partial charge in [-0.1, -0.05) is 26.2 Å². The summed E-state index contributed by atoms with van der Waals surface area (Å²) in [4.78, 5) is 23.0. The molecule has 0 radical (unpaired) electrons. The lowest BCUT2D eigenvalue weighted by Gasteiger charge is -2.32. The van der Waals surface area contributed by atoms with Crippen LogP contribution in [0.5, 0.6) is 0 Å². The van der Waals surface area contributed by atoms with Gasteiger partial charge in [-0.15, -0.1) is 0 Å². The molecule has 1 saturated heterocycles. The summed E-state index contributed by atoms with van der Waals surface area (Å²) in [6.45, 7) is 2.45. The summed E-state index contributed by atoms with van der Waals surface area (Å²) in [5.41, 5.74) is -0.247. The van der Waals surface area contributed by atoms with Gasteiger partial charge in [-0.25, -0.2) is 4.79 Å². The van der Waals surface area contributed by atoms with Crippen LogP contribution in [0.25, 0.3) is 0 Å². The Labute approximate surface area is 113 Å². The number of amides is 1. The SMILES string of the molecule is CC1(C(=O)NCC2CCC(C(=O)O)O2)CCCCC1. The van der Waals surface area contributed by atoms with Crippen molar-refractivity contribution in [2.24, 2.45) is 5.41 Å². The number of carbonyl (C=O) groups excluding carboxylic acids is 1. The van der Waals surface area contributed by atoms with E-state index in [4.69, 9.17) is 9.84 Å². The molecule has 2 atom stereocenters. The second-order valence-electron chi connectivity index (χ2n) is 5.99. The van der Waals surface area contributed by atoms with Crippen molar-refractivity contribution in [2.45, 2.75) is 64.1 Å². The molecular weight excluding hydrogens is 246 g/mol. The van der Waals surface area contributed by atoms with E-state index in [1.54, 1.807) is 0 Å². The second-order valence-corrected chi connectivity index (χ2v) is 5.99. The molecule has 2 fully saturated rings. The molecule has 0 aromatic rings. The average Bonchev–Trinajstić information content (AvgIpc) is 2.85. The Morgan fingerprint density at radius 1 is 1.26 bits per heavy atom. The van der Waals surface area contributed by atoms with Crippen LogP contribution in [0.1, 0.15) is 51.9 Å². The molecule has 5 nitrogen and oxygen atoms in total. The van der Waals surface area contributed by atoms with E-state index in [0.717, 1.165) is 25.7 Å². The summed E-state index contributed by atoms with van der Waals surface area (Å²) in [5.74, 6) is -0.817. The quantitative estimate of drug-likeness (QED) is 0.814. The van der Waals surface area contributed by atoms with Crippen molar-refractivity contribution in [3.05, 3.63) is 0 Å². The highest BCUT2D eigenvalue weighted by molar-refractivity contribution is 5.82. The summed E-state index contributed by atoms with van der Waals surface area (Å²) < 4.78 is 5.38. The number of nitrogens with one attached hydrogen (secondary N) is 1. The van der Waals surface area contributed by atoms with Crippen LogP contribution in [-0.2, 0) is 14.3 Å². The highest BCUT2D eigenvalue weighted by Gasteiger charge is 2.36. The third-order valence-corrected chi connectivity index (χ3v) is 4.38. The number of aliphatic carboxylic acids is 1. The van der Waals surface area contributed by atoms with Crippen LogP contribution in [0.3, 0.4) is 0 Å². The first kappa shape index (κ1) is 14.3. The van der Waals surface area contributed by atoms with Crippen LogP contribution in [0.2, 0.25) is 0 Å². The van der Waals surface area contributed by atoms with Gasteiger partial charge in [0.2, 0.25) is 5.91 Å². The van der Waals surface area contributed by atoms with Crippen molar-refractivity contribution >= 4 is 11.9 Å². The molecule has 2 aliphatic rings. The van der Waals surface area contributed by atoms with Gasteiger partial charge in [-0.05, 0) is 25.7 Å². The van der Waals surface area contributed by atoms with Crippen LogP contribution in [0, 0.1) is 5.41 Å². The third kappa shape index (κ3) is 3.47. The molecular formula is C14H23NO4. The number of rotatable bonds is 4. The van der Waals surface area contributed by atoms with E-state index in [0.29, 0.717) is 19.4 Å². The van der Waals surface area contributed by atoms with Crippen molar-refractivity contribution in [3.8, 4) is 0 Å². The van der Waals surface area contributed by atoms with Gasteiger partial charge in [0.25, 0.3) is 0 Å². The zero-order valence-corrected chi connectivity index (χ0v) is 11.5. The molecule has 2 unspecified atom stereocenters. The van der Waals surface area contributed by atoms with E-state index in [-0.39, 0.29) is 17.4 Å². The first-order valence-electron chi connectivity index (χ1n) is 7.18. The van der Waals surface area contributed by atoms with Crippen LogP contribution in [0.4, 0.5) is 0 Å². The fourth-order valence-electron chi connectivity index (χ4n) is 3.02. The summed E-state index contributed by atoms with van der Waals surface area (Å²) in [7, 11) is 0. The Kier molecular flexibility index (Phi) is 4.45. The Balaban J connectivity index is 1.76. The van der Waals surface area contributed by atoms with Gasteiger partial charge in [-0.2, -0.15) is 0 Å². The lowest BCUT2D eigenvalue weighted by molar-refractivity contribution is -0.149. The summed E-state index contributed by atoms with van der Waals surface area (Å²) >= 11 is 0. The molecule has 0 bridgehead atoms. The summed E-state index contributed by atoms with van der Waals surface area (Å²) in [6, 6.07) is 0. The maximum absolute atomic E-state index is 12.2. The van der Waals surface area contributed by atoms with E-state index >= 15 is 0 Å². The molecule has 5 heteroatoms. The van der Waals surface area contributed by atoms with E-state index in [9.17, 15) is 9.59 Å². The van der Waals surface area contributed by atoms with E-state index < -0.39 is 12.1 Å². The van der Waals surface area contributed by atoms with E-state index in [2.05, 4.69) is 5.32 Å². The minimum absolute atomic E-state index is 0.0922. The lowest BCUT2D eigenvalue weighted by Crippen LogP contribution is -2.43. The minimum atomic E-state index is -0.909. The molecule has 2 rings (SSSR count). The molecule has 1 aliphatic heterocycles. The maximum Gasteiger partial charge on any atom is 0.332 e. The summed E-state index contributed by atoms with van der Waals surface area (Å²) in [5, 5.41) is 11.8. The molecule has 0 aromatic carbocycles. The second kappa shape index (κ2) is 5.90. The normalized spacial score (nSPS) is 29.9. The molecule has 2 N–H and O–H groups in total. The first-order chi connectivity index (χ1) is 9.01. The highest BCUT2D eigenvalue weighted by atomic mass is 16.5. The number of carboxylic acids is 1. The zero-order valence-electron chi connectivity index (χ0n) is 11.5. The van der Waals surface area contributed by atoms with E-state index in [1.807, 2.05) is 6.92 Å². The number of carboxylic acid groups (broad SMARTS) is 1. The van der Waals surface area contributed by atoms with Gasteiger partial charge < -0.3 is 15.2 Å². The van der Waals surface area contributed by atoms with Gasteiger partial charge in [-0.3, -0.25) is 4.79 Å². The highest BCUT2D eigenvalue weighted by Crippen LogP contribution is 2.35. The molecule has 19 heavy (non-hydrogen) atoms. The van der Waals surface area contributed by atoms with Crippen molar-refractivity contribution in [3.63, 3.8) is 0 Å². The Morgan fingerprint density at radius 3 is 2.53 bits per heavy atom. The van der Waals surface area contributed by atoms with Gasteiger partial charge >= 0.3 is 5.97 Å². The molecule has 1 saturated carbocycles. The Hall–Kier alpha value is -1.10. The lowest BCUT2D eigenvalue weighted by atomic mass is 9.75. The molecule has 0 spiro atoms. The van der Waals surface area contributed by atoms with Gasteiger partial charge in [0.05, 0.1) is 6.10 Å². The fourth-order valence-corrected chi connectivity index (χ4v) is 3.02. The van der Waals surface area contributed by atoms with Crippen molar-refractivity contribution < 1.29 is 19.4 Å². The Morgan fingerprint density at radius 2 is 1.95 bits per heavy atom. The Bertz CT molecular complexity index is 349. The molecule has 108 valence electrons. The number of hydrogen-bond acceptors (Lipinski definition) is 3. The third-order valence-electron chi connectivity index (χ3n) is 4.38. The standard InChI is InChI=1S/C14H23NO4/c1-14(7-3-2-4-8-14)13(18)15-9-10-5-6-11(19-10)12(16)17/h10-11H,2-9H2,1H3,(H,15,18)(H,16,17). The van der Waals surface area contributed by atoms with Crippen molar-refractivity contribution in [1.82, 2.24) is 5.32 Å². The average molecular weight is 269 g/mol. The number of carbonyl (C=O) groups is 2. The van der Waals surface area contributed by atoms with Crippen LogP contribution >= 0.6 is 0 Å². The first-order valence-corrected chi connectivity index (χ1v) is 7.18. The predicted octanol–water partition coefficient (Wildman–Crippen LogP) is 1.71. The molecule has 1 amide bonds. The van der Waals surface area contributed by atoms with Crippen molar-refractivity contribution in [2.75, 3.05) is 6.54 Å². The van der Waals surface area contributed by atoms with Crippen LogP contribution in [-0.4, -0.2) is 35.7 Å². The van der Waals surface area contributed by atoms with Crippen molar-refractivity contribution in [1.29, 1.82) is 0 Å². The maximum atomic E-state index is 12.2. The van der Waals surface area contributed by atoms with Gasteiger partial charge in [0, 0.05) is 12.0 Å². The zero-order chi connectivity index (χ0) is 13.9. The van der Waals surface area contributed by atoms with Crippen LogP contribution < -0.4 is 5.32 Å². The summed E-state index contributed by atoms with van der Waals surface area (Å²) in [6.07, 6.45) is 5.72. The molecule has 0 aromatic heterocycles.